The number of ketones is 1. The number of nitrogens with zero attached hydrogens (tertiary/aromatic N) is 1. The standard InChI is InChI=1S/C17H17BrClNO/c1-20(12-14-4-2-3-5-16(14)19)11-10-17(21)13-6-8-15(18)9-7-13/h2-9H,10-12H2,1H3. The minimum Gasteiger partial charge on any atom is -0.302 e. The van der Waals surface area contributed by atoms with E-state index >= 15 is 0 Å². The summed E-state index contributed by atoms with van der Waals surface area (Å²) in [6.07, 6.45) is 0.503. The number of halogens is 2. The van der Waals surface area contributed by atoms with Gasteiger partial charge >= 0.3 is 0 Å². The molecule has 2 aromatic rings. The summed E-state index contributed by atoms with van der Waals surface area (Å²) < 4.78 is 0.981. The third-order valence-corrected chi connectivity index (χ3v) is 4.18. The van der Waals surface area contributed by atoms with Crippen LogP contribution in [0.25, 0.3) is 0 Å². The summed E-state index contributed by atoms with van der Waals surface area (Å²) in [6, 6.07) is 15.3. The molecule has 2 nitrogen and oxygen atoms in total. The lowest BCUT2D eigenvalue weighted by Crippen LogP contribution is -2.21. The highest BCUT2D eigenvalue weighted by Gasteiger charge is 2.09. The molecule has 0 heterocycles. The lowest BCUT2D eigenvalue weighted by Gasteiger charge is -2.17. The van der Waals surface area contributed by atoms with Crippen LogP contribution in [-0.4, -0.2) is 24.3 Å². The van der Waals surface area contributed by atoms with Crippen LogP contribution in [-0.2, 0) is 6.54 Å². The van der Waals surface area contributed by atoms with Crippen LogP contribution in [0.4, 0.5) is 0 Å². The summed E-state index contributed by atoms with van der Waals surface area (Å²) in [5, 5.41) is 0.767. The maximum atomic E-state index is 12.1. The summed E-state index contributed by atoms with van der Waals surface area (Å²) in [5.41, 5.74) is 1.84. The molecule has 0 saturated carbocycles. The fourth-order valence-corrected chi connectivity index (χ4v) is 2.53. The Kier molecular flexibility index (Phi) is 5.97. The Morgan fingerprint density at radius 2 is 1.81 bits per heavy atom. The van der Waals surface area contributed by atoms with Gasteiger partial charge < -0.3 is 4.90 Å². The second-order valence-corrected chi connectivity index (χ2v) is 6.33. The van der Waals surface area contributed by atoms with Crippen LogP contribution < -0.4 is 0 Å². The molecule has 0 saturated heterocycles. The van der Waals surface area contributed by atoms with E-state index in [0.717, 1.165) is 27.2 Å². The van der Waals surface area contributed by atoms with Gasteiger partial charge in [0.25, 0.3) is 0 Å². The molecule has 2 rings (SSSR count). The van der Waals surface area contributed by atoms with Gasteiger partial charge in [0.15, 0.2) is 5.78 Å². The summed E-state index contributed by atoms with van der Waals surface area (Å²) in [5.74, 6) is 0.161. The van der Waals surface area contributed by atoms with Crippen molar-refractivity contribution in [1.82, 2.24) is 4.90 Å². The molecule has 0 aliphatic rings. The Balaban J connectivity index is 1.86. The number of hydrogen-bond donors (Lipinski definition) is 0. The van der Waals surface area contributed by atoms with Crippen molar-refractivity contribution in [2.75, 3.05) is 13.6 Å². The molecule has 0 bridgehead atoms. The highest BCUT2D eigenvalue weighted by molar-refractivity contribution is 9.10. The zero-order valence-corrected chi connectivity index (χ0v) is 14.2. The van der Waals surface area contributed by atoms with Crippen LogP contribution in [0.3, 0.4) is 0 Å². The van der Waals surface area contributed by atoms with Gasteiger partial charge in [-0.2, -0.15) is 0 Å². The first-order chi connectivity index (χ1) is 10.1. The summed E-state index contributed by atoms with van der Waals surface area (Å²) in [7, 11) is 2.00. The summed E-state index contributed by atoms with van der Waals surface area (Å²) in [4.78, 5) is 14.2. The molecule has 0 amide bonds. The first-order valence-electron chi connectivity index (χ1n) is 6.77. The van der Waals surface area contributed by atoms with Gasteiger partial charge in [0, 0.05) is 34.6 Å². The van der Waals surface area contributed by atoms with E-state index in [2.05, 4.69) is 20.8 Å². The SMILES string of the molecule is CN(CCC(=O)c1ccc(Br)cc1)Cc1ccccc1Cl. The van der Waals surface area contributed by atoms with E-state index in [1.807, 2.05) is 55.6 Å². The van der Waals surface area contributed by atoms with Gasteiger partial charge in [-0.3, -0.25) is 4.79 Å². The van der Waals surface area contributed by atoms with Gasteiger partial charge in [-0.1, -0.05) is 57.9 Å². The first kappa shape index (κ1) is 16.2. The number of rotatable bonds is 6. The highest BCUT2D eigenvalue weighted by Crippen LogP contribution is 2.17. The third-order valence-electron chi connectivity index (χ3n) is 3.28. The number of hydrogen-bond acceptors (Lipinski definition) is 2. The van der Waals surface area contributed by atoms with E-state index in [0.29, 0.717) is 13.0 Å². The molecule has 0 aliphatic carbocycles. The monoisotopic (exact) mass is 365 g/mol. The normalized spacial score (nSPS) is 10.9. The number of benzene rings is 2. The topological polar surface area (TPSA) is 20.3 Å². The van der Waals surface area contributed by atoms with Crippen LogP contribution in [0.1, 0.15) is 22.3 Å². The molecule has 4 heteroatoms. The Bertz CT molecular complexity index is 612. The van der Waals surface area contributed by atoms with Crippen LogP contribution in [0.15, 0.2) is 53.0 Å². The predicted molar refractivity (Wildman–Crippen MR) is 90.9 cm³/mol. The quantitative estimate of drug-likeness (QED) is 0.684. The van der Waals surface area contributed by atoms with Crippen molar-refractivity contribution in [2.24, 2.45) is 0 Å². The van der Waals surface area contributed by atoms with E-state index < -0.39 is 0 Å². The molecule has 110 valence electrons. The van der Waals surface area contributed by atoms with Crippen molar-refractivity contribution in [2.45, 2.75) is 13.0 Å². The van der Waals surface area contributed by atoms with E-state index in [1.165, 1.54) is 0 Å². The van der Waals surface area contributed by atoms with Crippen molar-refractivity contribution in [3.05, 3.63) is 69.2 Å². The third kappa shape index (κ3) is 4.95. The lowest BCUT2D eigenvalue weighted by molar-refractivity contribution is 0.0968. The average molecular weight is 367 g/mol. The van der Waals surface area contributed by atoms with Crippen molar-refractivity contribution < 1.29 is 4.79 Å². The molecule has 2 aromatic carbocycles. The zero-order chi connectivity index (χ0) is 15.2. The Morgan fingerprint density at radius 1 is 1.14 bits per heavy atom. The van der Waals surface area contributed by atoms with Gasteiger partial charge in [0.1, 0.15) is 0 Å². The highest BCUT2D eigenvalue weighted by atomic mass is 79.9. The Morgan fingerprint density at radius 3 is 2.48 bits per heavy atom. The maximum absolute atomic E-state index is 12.1. The fourth-order valence-electron chi connectivity index (χ4n) is 2.07. The van der Waals surface area contributed by atoms with Gasteiger partial charge in [0.2, 0.25) is 0 Å². The van der Waals surface area contributed by atoms with E-state index in [-0.39, 0.29) is 5.78 Å². The molecule has 0 aliphatic heterocycles. The molecule has 0 aromatic heterocycles. The zero-order valence-electron chi connectivity index (χ0n) is 11.9. The maximum Gasteiger partial charge on any atom is 0.164 e. The molecule has 0 atom stereocenters. The first-order valence-corrected chi connectivity index (χ1v) is 7.94. The smallest absolute Gasteiger partial charge is 0.164 e. The second kappa shape index (κ2) is 7.74. The van der Waals surface area contributed by atoms with E-state index in [1.54, 1.807) is 0 Å². The van der Waals surface area contributed by atoms with Gasteiger partial charge in [-0.15, -0.1) is 0 Å². The summed E-state index contributed by atoms with van der Waals surface area (Å²) in [6.45, 7) is 1.45. The predicted octanol–water partition coefficient (Wildman–Crippen LogP) is 4.81. The van der Waals surface area contributed by atoms with Gasteiger partial charge in [-0.25, -0.2) is 0 Å². The molecule has 0 unspecified atom stereocenters. The molecule has 0 spiro atoms. The van der Waals surface area contributed by atoms with E-state index in [9.17, 15) is 4.79 Å². The Hall–Kier alpha value is -1.16. The largest absolute Gasteiger partial charge is 0.302 e. The van der Waals surface area contributed by atoms with Gasteiger partial charge in [0.05, 0.1) is 0 Å². The molecule has 21 heavy (non-hydrogen) atoms. The number of carbonyl (C=O) groups excluding carboxylic acids is 1. The van der Waals surface area contributed by atoms with Crippen molar-refractivity contribution >= 4 is 33.3 Å². The number of Topliss-reactive ketones (excluding diaryl/α,β-unsaturated/α-hetero) is 1. The van der Waals surface area contributed by atoms with Crippen molar-refractivity contribution in [1.29, 1.82) is 0 Å². The van der Waals surface area contributed by atoms with Crippen LogP contribution in [0.5, 0.6) is 0 Å². The van der Waals surface area contributed by atoms with Gasteiger partial charge in [-0.05, 0) is 30.8 Å². The fraction of sp³-hybridized carbons (Fsp3) is 0.235. The van der Waals surface area contributed by atoms with Crippen LogP contribution in [0.2, 0.25) is 5.02 Å². The molecule has 0 radical (unpaired) electrons. The molecule has 0 N–H and O–H groups in total. The molecular weight excluding hydrogens is 350 g/mol. The van der Waals surface area contributed by atoms with E-state index in [4.69, 9.17) is 11.6 Å². The van der Waals surface area contributed by atoms with Crippen LogP contribution >= 0.6 is 27.5 Å². The molecular formula is C17H17BrClNO. The van der Waals surface area contributed by atoms with Crippen molar-refractivity contribution in [3.8, 4) is 0 Å². The average Bonchev–Trinajstić information content (AvgIpc) is 2.48. The minimum absolute atomic E-state index is 0.161. The molecule has 0 fully saturated rings. The Labute approximate surface area is 138 Å². The van der Waals surface area contributed by atoms with Crippen molar-refractivity contribution in [3.63, 3.8) is 0 Å². The number of carbonyl (C=O) groups is 1. The lowest BCUT2D eigenvalue weighted by atomic mass is 10.1. The second-order valence-electron chi connectivity index (χ2n) is 5.01. The van der Waals surface area contributed by atoms with Crippen LogP contribution in [0, 0.1) is 0 Å². The minimum atomic E-state index is 0.161. The summed E-state index contributed by atoms with van der Waals surface area (Å²) >= 11 is 9.51.